The molecule has 1 aromatic heterocycles. The molecule has 9 heteroatoms. The number of benzene rings is 1. The lowest BCUT2D eigenvalue weighted by Gasteiger charge is -2.12. The second-order valence-electron chi connectivity index (χ2n) is 3.56. The van der Waals surface area contributed by atoms with Gasteiger partial charge in [-0.1, -0.05) is 23.7 Å². The zero-order valence-corrected chi connectivity index (χ0v) is 11.3. The van der Waals surface area contributed by atoms with E-state index in [4.69, 9.17) is 11.6 Å². The molecule has 2 rings (SSSR count). The highest BCUT2D eigenvalue weighted by Gasteiger charge is 2.34. The maximum Gasteiger partial charge on any atom is 0.417 e. The fraction of sp³-hybridized carbons (Fsp3) is 0.0909. The summed E-state index contributed by atoms with van der Waals surface area (Å²) in [6.45, 7) is 0. The van der Waals surface area contributed by atoms with Gasteiger partial charge in [0, 0.05) is 12.4 Å². The second-order valence-corrected chi connectivity index (χ2v) is 5.10. The molecule has 106 valence electrons. The zero-order valence-electron chi connectivity index (χ0n) is 9.69. The molecule has 20 heavy (non-hydrogen) atoms. The number of aromatic nitrogens is 2. The second kappa shape index (κ2) is 5.76. The number of halogens is 4. The van der Waals surface area contributed by atoms with E-state index in [2.05, 4.69) is 14.7 Å². The van der Waals surface area contributed by atoms with Crippen LogP contribution < -0.4 is 4.72 Å². The highest BCUT2D eigenvalue weighted by atomic mass is 35.5. The minimum atomic E-state index is -4.60. The molecular formula is C11H7ClF3N3OS. The van der Waals surface area contributed by atoms with Gasteiger partial charge in [-0.25, -0.2) is 14.2 Å². The first-order valence-electron chi connectivity index (χ1n) is 5.21. The van der Waals surface area contributed by atoms with Gasteiger partial charge < -0.3 is 0 Å². The van der Waals surface area contributed by atoms with E-state index in [1.54, 1.807) is 0 Å². The smallest absolute Gasteiger partial charge is 0.283 e. The molecule has 0 aliphatic rings. The van der Waals surface area contributed by atoms with E-state index in [1.807, 2.05) is 0 Å². The number of nitrogens with zero attached hydrogens (tertiary/aromatic N) is 2. The Kier molecular flexibility index (Phi) is 4.24. The minimum Gasteiger partial charge on any atom is -0.283 e. The topological polar surface area (TPSA) is 54.9 Å². The number of nitrogens with one attached hydrogen (secondary N) is 1. The largest absolute Gasteiger partial charge is 0.417 e. The van der Waals surface area contributed by atoms with Crippen LogP contribution in [0.25, 0.3) is 0 Å². The van der Waals surface area contributed by atoms with Crippen molar-refractivity contribution in [3.05, 3.63) is 47.4 Å². The van der Waals surface area contributed by atoms with Crippen LogP contribution in [0, 0.1) is 0 Å². The highest BCUT2D eigenvalue weighted by Crippen LogP contribution is 2.33. The summed E-state index contributed by atoms with van der Waals surface area (Å²) in [4.78, 5) is 7.04. The van der Waals surface area contributed by atoms with E-state index < -0.39 is 27.6 Å². The van der Waals surface area contributed by atoms with Crippen molar-refractivity contribution < 1.29 is 17.4 Å². The Balaban J connectivity index is 2.34. The molecule has 1 aromatic carbocycles. The van der Waals surface area contributed by atoms with E-state index >= 15 is 0 Å². The Hall–Kier alpha value is -1.67. The SMILES string of the molecule is O=S(Nc1nccnc1Cl)c1ccccc1C(F)(F)F. The van der Waals surface area contributed by atoms with Crippen LogP contribution in [-0.4, -0.2) is 14.2 Å². The fourth-order valence-corrected chi connectivity index (χ4v) is 2.62. The molecule has 0 amide bonds. The quantitative estimate of drug-likeness (QED) is 0.944. The van der Waals surface area contributed by atoms with E-state index in [0.717, 1.165) is 12.1 Å². The number of rotatable bonds is 3. The average molecular weight is 322 g/mol. The van der Waals surface area contributed by atoms with Gasteiger partial charge in [-0.2, -0.15) is 13.2 Å². The number of hydrogen-bond donors (Lipinski definition) is 1. The Bertz CT molecular complexity index is 651. The maximum absolute atomic E-state index is 12.8. The van der Waals surface area contributed by atoms with Gasteiger partial charge in [0.1, 0.15) is 0 Å². The standard InChI is InChI=1S/C11H7ClF3N3OS/c12-9-10(17-6-5-16-9)18-20(19)8-4-2-1-3-7(8)11(13,14)15/h1-6H,(H,17,18). The van der Waals surface area contributed by atoms with Crippen molar-refractivity contribution in [2.24, 2.45) is 0 Å². The predicted molar refractivity (Wildman–Crippen MR) is 68.5 cm³/mol. The van der Waals surface area contributed by atoms with Crippen LogP contribution in [0.15, 0.2) is 41.6 Å². The molecule has 1 N–H and O–H groups in total. The first kappa shape index (κ1) is 14.7. The summed E-state index contributed by atoms with van der Waals surface area (Å²) in [6, 6.07) is 4.56. The molecule has 0 saturated heterocycles. The molecule has 0 fully saturated rings. The van der Waals surface area contributed by atoms with E-state index in [9.17, 15) is 17.4 Å². The number of anilines is 1. The van der Waals surface area contributed by atoms with Crippen LogP contribution in [-0.2, 0) is 17.2 Å². The monoisotopic (exact) mass is 321 g/mol. The van der Waals surface area contributed by atoms with Gasteiger partial charge >= 0.3 is 6.18 Å². The normalized spacial score (nSPS) is 13.0. The molecule has 4 nitrogen and oxygen atoms in total. The molecule has 0 saturated carbocycles. The summed E-state index contributed by atoms with van der Waals surface area (Å²) in [5, 5.41) is -0.0784. The summed E-state index contributed by atoms with van der Waals surface area (Å²) in [5.41, 5.74) is -0.981. The van der Waals surface area contributed by atoms with Crippen LogP contribution in [0.1, 0.15) is 5.56 Å². The van der Waals surface area contributed by atoms with Gasteiger partial charge in [0.25, 0.3) is 0 Å². The lowest BCUT2D eigenvalue weighted by atomic mass is 10.2. The van der Waals surface area contributed by atoms with Crippen LogP contribution in [0.2, 0.25) is 5.15 Å². The van der Waals surface area contributed by atoms with Crippen LogP contribution >= 0.6 is 11.6 Å². The zero-order chi connectivity index (χ0) is 14.8. The number of hydrogen-bond acceptors (Lipinski definition) is 3. The Morgan fingerprint density at radius 2 is 1.80 bits per heavy atom. The van der Waals surface area contributed by atoms with Crippen molar-refractivity contribution in [2.75, 3.05) is 4.72 Å². The van der Waals surface area contributed by atoms with Crippen molar-refractivity contribution in [2.45, 2.75) is 11.1 Å². The van der Waals surface area contributed by atoms with Crippen LogP contribution in [0.5, 0.6) is 0 Å². The summed E-state index contributed by atoms with van der Waals surface area (Å²) in [7, 11) is -2.16. The average Bonchev–Trinajstić information content (AvgIpc) is 2.40. The van der Waals surface area contributed by atoms with E-state index in [-0.39, 0.29) is 11.0 Å². The Morgan fingerprint density at radius 1 is 1.15 bits per heavy atom. The minimum absolute atomic E-state index is 0.0514. The fourth-order valence-electron chi connectivity index (χ4n) is 1.39. The van der Waals surface area contributed by atoms with Crippen molar-refractivity contribution in [3.63, 3.8) is 0 Å². The molecule has 2 aromatic rings. The summed E-state index contributed by atoms with van der Waals surface area (Å²) in [5.74, 6) is -0.0514. The number of alkyl halides is 3. The molecule has 1 heterocycles. The first-order chi connectivity index (χ1) is 9.39. The van der Waals surface area contributed by atoms with Gasteiger partial charge in [0.2, 0.25) is 0 Å². The third-order valence-electron chi connectivity index (χ3n) is 2.24. The lowest BCUT2D eigenvalue weighted by molar-refractivity contribution is -0.139. The van der Waals surface area contributed by atoms with E-state index in [1.165, 1.54) is 24.5 Å². The molecule has 1 atom stereocenters. The lowest BCUT2D eigenvalue weighted by Crippen LogP contribution is -2.14. The summed E-state index contributed by atoms with van der Waals surface area (Å²) < 4.78 is 52.7. The molecule has 0 bridgehead atoms. The van der Waals surface area contributed by atoms with Crippen molar-refractivity contribution in [3.8, 4) is 0 Å². The van der Waals surface area contributed by atoms with Gasteiger partial charge in [0.15, 0.2) is 22.0 Å². The molecule has 0 radical (unpaired) electrons. The van der Waals surface area contributed by atoms with Gasteiger partial charge in [-0.15, -0.1) is 0 Å². The van der Waals surface area contributed by atoms with Gasteiger partial charge in [0.05, 0.1) is 10.5 Å². The third-order valence-corrected chi connectivity index (χ3v) is 3.65. The Labute approximate surface area is 119 Å². The van der Waals surface area contributed by atoms with Crippen molar-refractivity contribution >= 4 is 28.4 Å². The molecule has 1 unspecified atom stereocenters. The van der Waals surface area contributed by atoms with Crippen molar-refractivity contribution in [1.82, 2.24) is 9.97 Å². The first-order valence-corrected chi connectivity index (χ1v) is 6.73. The van der Waals surface area contributed by atoms with Crippen LogP contribution in [0.4, 0.5) is 19.0 Å². The predicted octanol–water partition coefficient (Wildman–Crippen LogP) is 3.28. The Morgan fingerprint density at radius 3 is 2.45 bits per heavy atom. The molecule has 0 spiro atoms. The summed E-state index contributed by atoms with van der Waals surface area (Å²) >= 11 is 5.69. The van der Waals surface area contributed by atoms with Crippen LogP contribution in [0.3, 0.4) is 0 Å². The molecular weight excluding hydrogens is 315 g/mol. The maximum atomic E-state index is 12.8. The van der Waals surface area contributed by atoms with Gasteiger partial charge in [-0.3, -0.25) is 4.72 Å². The highest BCUT2D eigenvalue weighted by molar-refractivity contribution is 7.86. The van der Waals surface area contributed by atoms with Crippen molar-refractivity contribution in [1.29, 1.82) is 0 Å². The van der Waals surface area contributed by atoms with E-state index in [0.29, 0.717) is 0 Å². The molecule has 0 aliphatic carbocycles. The summed E-state index contributed by atoms with van der Waals surface area (Å²) in [6.07, 6.45) is -2.01. The van der Waals surface area contributed by atoms with Gasteiger partial charge in [-0.05, 0) is 12.1 Å². The third kappa shape index (κ3) is 3.26. The molecule has 0 aliphatic heterocycles.